The number of Topliss-reactive ketones (excluding diaryl/α,β-unsaturated/α-hetero) is 1. The van der Waals surface area contributed by atoms with E-state index in [0.29, 0.717) is 12.3 Å². The summed E-state index contributed by atoms with van der Waals surface area (Å²) in [6.45, 7) is 6.06. The quantitative estimate of drug-likeness (QED) is 0.433. The predicted octanol–water partition coefficient (Wildman–Crippen LogP) is 3.74. The second kappa shape index (κ2) is 8.03. The van der Waals surface area contributed by atoms with Crippen molar-refractivity contribution in [1.29, 1.82) is 0 Å². The Morgan fingerprint density at radius 2 is 2.08 bits per heavy atom. The van der Waals surface area contributed by atoms with E-state index >= 15 is 0 Å². The molecule has 1 atom stereocenters. The number of rotatable bonds is 7. The Balaban J connectivity index is 3.43. The predicted molar refractivity (Wildman–Crippen MR) is 57.7 cm³/mol. The number of hydrogen-bond acceptors (Lipinski definition) is 1. The molecule has 0 radical (unpaired) electrons. The molecular weight excluding hydrogens is 160 g/mol. The first-order valence-corrected chi connectivity index (χ1v) is 5.33. The molecule has 0 saturated heterocycles. The van der Waals surface area contributed by atoms with Gasteiger partial charge in [-0.3, -0.25) is 4.79 Å². The summed E-state index contributed by atoms with van der Waals surface area (Å²) in [5.74, 6) is 0.878. The molecule has 0 rings (SSSR count). The maximum absolute atomic E-state index is 10.6. The molecule has 0 fully saturated rings. The number of ketones is 1. The van der Waals surface area contributed by atoms with Crippen LogP contribution in [0.1, 0.15) is 52.9 Å². The van der Waals surface area contributed by atoms with E-state index in [-0.39, 0.29) is 5.78 Å². The molecule has 1 nitrogen and oxygen atoms in total. The highest BCUT2D eigenvalue weighted by Gasteiger charge is 1.96. The lowest BCUT2D eigenvalue weighted by atomic mass is 10.0. The van der Waals surface area contributed by atoms with Crippen LogP contribution >= 0.6 is 0 Å². The van der Waals surface area contributed by atoms with Crippen LogP contribution in [0.3, 0.4) is 0 Å². The van der Waals surface area contributed by atoms with Crippen LogP contribution in [0.4, 0.5) is 0 Å². The molecule has 0 heterocycles. The molecule has 0 amide bonds. The fourth-order valence-electron chi connectivity index (χ4n) is 1.28. The summed E-state index contributed by atoms with van der Waals surface area (Å²) in [6.07, 6.45) is 9.92. The molecular formula is C12H22O. The Labute approximate surface area is 82.2 Å². The molecule has 0 aliphatic rings. The van der Waals surface area contributed by atoms with Crippen LogP contribution in [0.15, 0.2) is 12.2 Å². The third-order valence-corrected chi connectivity index (χ3v) is 2.13. The smallest absolute Gasteiger partial charge is 0.133 e. The largest absolute Gasteiger partial charge is 0.300 e. The molecule has 0 aliphatic heterocycles. The van der Waals surface area contributed by atoms with Crippen LogP contribution in [0.25, 0.3) is 0 Å². The fourth-order valence-corrected chi connectivity index (χ4v) is 1.28. The molecule has 1 unspecified atom stereocenters. The van der Waals surface area contributed by atoms with Crippen LogP contribution in [0.2, 0.25) is 0 Å². The van der Waals surface area contributed by atoms with E-state index in [1.165, 1.54) is 25.7 Å². The topological polar surface area (TPSA) is 17.1 Å². The standard InChI is InChI=1S/C12H22O/c1-4-5-6-8-11(2)9-7-10-12(3)13/h7,9,11H,4-6,8,10H2,1-3H3. The zero-order valence-electron chi connectivity index (χ0n) is 9.18. The molecule has 13 heavy (non-hydrogen) atoms. The van der Waals surface area contributed by atoms with Gasteiger partial charge in [-0.15, -0.1) is 0 Å². The van der Waals surface area contributed by atoms with E-state index in [1.54, 1.807) is 6.92 Å². The molecule has 0 aromatic carbocycles. The number of hydrogen-bond donors (Lipinski definition) is 0. The second-order valence-electron chi connectivity index (χ2n) is 3.81. The van der Waals surface area contributed by atoms with Crippen molar-refractivity contribution in [2.45, 2.75) is 52.9 Å². The Morgan fingerprint density at radius 3 is 2.62 bits per heavy atom. The third kappa shape index (κ3) is 9.32. The average Bonchev–Trinajstić information content (AvgIpc) is 2.04. The van der Waals surface area contributed by atoms with E-state index in [1.807, 2.05) is 6.08 Å². The molecule has 76 valence electrons. The van der Waals surface area contributed by atoms with Gasteiger partial charge in [-0.2, -0.15) is 0 Å². The first-order valence-electron chi connectivity index (χ1n) is 5.33. The van der Waals surface area contributed by atoms with Gasteiger partial charge in [0.25, 0.3) is 0 Å². The van der Waals surface area contributed by atoms with Crippen LogP contribution < -0.4 is 0 Å². The normalized spacial score (nSPS) is 13.5. The summed E-state index contributed by atoms with van der Waals surface area (Å²) < 4.78 is 0. The molecule has 0 aromatic heterocycles. The Morgan fingerprint density at radius 1 is 1.38 bits per heavy atom. The van der Waals surface area contributed by atoms with Crippen molar-refractivity contribution >= 4 is 5.78 Å². The molecule has 0 saturated carbocycles. The summed E-state index contributed by atoms with van der Waals surface area (Å²) in [5, 5.41) is 0. The number of allylic oxidation sites excluding steroid dienone is 2. The van der Waals surface area contributed by atoms with Gasteiger partial charge in [-0.05, 0) is 19.3 Å². The van der Waals surface area contributed by atoms with E-state index in [9.17, 15) is 4.79 Å². The van der Waals surface area contributed by atoms with Gasteiger partial charge in [0.2, 0.25) is 0 Å². The highest BCUT2D eigenvalue weighted by molar-refractivity contribution is 5.76. The van der Waals surface area contributed by atoms with Gasteiger partial charge in [0, 0.05) is 6.42 Å². The van der Waals surface area contributed by atoms with Gasteiger partial charge >= 0.3 is 0 Å². The average molecular weight is 182 g/mol. The third-order valence-electron chi connectivity index (χ3n) is 2.13. The summed E-state index contributed by atoms with van der Waals surface area (Å²) >= 11 is 0. The van der Waals surface area contributed by atoms with Gasteiger partial charge < -0.3 is 0 Å². The molecule has 0 spiro atoms. The highest BCUT2D eigenvalue weighted by Crippen LogP contribution is 2.10. The van der Waals surface area contributed by atoms with E-state index in [4.69, 9.17) is 0 Å². The van der Waals surface area contributed by atoms with Crippen molar-refractivity contribution in [3.8, 4) is 0 Å². The maximum atomic E-state index is 10.6. The van der Waals surface area contributed by atoms with Crippen molar-refractivity contribution in [2.75, 3.05) is 0 Å². The molecule has 1 heteroatoms. The Hall–Kier alpha value is -0.590. The van der Waals surface area contributed by atoms with Gasteiger partial charge in [0.1, 0.15) is 5.78 Å². The summed E-state index contributed by atoms with van der Waals surface area (Å²) in [6, 6.07) is 0. The molecule has 0 aliphatic carbocycles. The van der Waals surface area contributed by atoms with Gasteiger partial charge in [-0.1, -0.05) is 45.3 Å². The minimum Gasteiger partial charge on any atom is -0.300 e. The van der Waals surface area contributed by atoms with E-state index in [0.717, 1.165) is 0 Å². The summed E-state index contributed by atoms with van der Waals surface area (Å²) in [7, 11) is 0. The van der Waals surface area contributed by atoms with E-state index in [2.05, 4.69) is 19.9 Å². The SMILES string of the molecule is CCCCCC(C)C=CCC(C)=O. The number of unbranched alkanes of at least 4 members (excludes halogenated alkanes) is 2. The lowest BCUT2D eigenvalue weighted by molar-refractivity contribution is -0.116. The summed E-state index contributed by atoms with van der Waals surface area (Å²) in [4.78, 5) is 10.6. The van der Waals surface area contributed by atoms with Gasteiger partial charge in [0.05, 0.1) is 0 Å². The van der Waals surface area contributed by atoms with Crippen molar-refractivity contribution in [3.63, 3.8) is 0 Å². The first kappa shape index (κ1) is 12.4. The minimum atomic E-state index is 0.247. The van der Waals surface area contributed by atoms with Crippen molar-refractivity contribution < 1.29 is 4.79 Å². The first-order chi connectivity index (χ1) is 6.16. The van der Waals surface area contributed by atoms with Gasteiger partial charge in [0.15, 0.2) is 0 Å². The summed E-state index contributed by atoms with van der Waals surface area (Å²) in [5.41, 5.74) is 0. The Bertz CT molecular complexity index is 159. The second-order valence-corrected chi connectivity index (χ2v) is 3.81. The van der Waals surface area contributed by atoms with Crippen LogP contribution in [0, 0.1) is 5.92 Å². The van der Waals surface area contributed by atoms with Crippen LogP contribution in [-0.4, -0.2) is 5.78 Å². The minimum absolute atomic E-state index is 0.247. The zero-order chi connectivity index (χ0) is 10.1. The Kier molecular flexibility index (Phi) is 7.66. The maximum Gasteiger partial charge on any atom is 0.133 e. The van der Waals surface area contributed by atoms with E-state index < -0.39 is 0 Å². The van der Waals surface area contributed by atoms with Crippen molar-refractivity contribution in [1.82, 2.24) is 0 Å². The molecule has 0 aromatic rings. The lowest BCUT2D eigenvalue weighted by Crippen LogP contribution is -1.91. The van der Waals surface area contributed by atoms with Crippen molar-refractivity contribution in [3.05, 3.63) is 12.2 Å². The number of carbonyl (C=O) groups is 1. The molecule has 0 bridgehead atoms. The van der Waals surface area contributed by atoms with Gasteiger partial charge in [-0.25, -0.2) is 0 Å². The van der Waals surface area contributed by atoms with Crippen molar-refractivity contribution in [2.24, 2.45) is 5.92 Å². The lowest BCUT2D eigenvalue weighted by Gasteiger charge is -2.04. The zero-order valence-corrected chi connectivity index (χ0v) is 9.18. The fraction of sp³-hybridized carbons (Fsp3) is 0.750. The number of carbonyl (C=O) groups excluding carboxylic acids is 1. The van der Waals surface area contributed by atoms with Crippen LogP contribution in [-0.2, 0) is 4.79 Å². The van der Waals surface area contributed by atoms with Crippen LogP contribution in [0.5, 0.6) is 0 Å². The highest BCUT2D eigenvalue weighted by atomic mass is 16.1. The monoisotopic (exact) mass is 182 g/mol. The molecule has 0 N–H and O–H groups in total.